The lowest BCUT2D eigenvalue weighted by Crippen LogP contribution is -2.51. The van der Waals surface area contributed by atoms with Crippen molar-refractivity contribution in [2.24, 2.45) is 5.92 Å². The summed E-state index contributed by atoms with van der Waals surface area (Å²) >= 11 is 0. The number of nitrogens with one attached hydrogen (secondary N) is 1. The summed E-state index contributed by atoms with van der Waals surface area (Å²) in [6, 6.07) is 28.7. The summed E-state index contributed by atoms with van der Waals surface area (Å²) in [5, 5.41) is 3.10. The molecule has 44 heavy (non-hydrogen) atoms. The topological polar surface area (TPSA) is 75.7 Å². The van der Waals surface area contributed by atoms with Crippen LogP contribution in [0.25, 0.3) is 5.57 Å². The molecule has 1 saturated heterocycles. The van der Waals surface area contributed by atoms with Gasteiger partial charge in [-0.15, -0.1) is 0 Å². The van der Waals surface area contributed by atoms with Crippen molar-refractivity contribution < 1.29 is 19.1 Å². The van der Waals surface area contributed by atoms with Crippen molar-refractivity contribution in [1.29, 1.82) is 0 Å². The van der Waals surface area contributed by atoms with Gasteiger partial charge in [0.15, 0.2) is 11.6 Å². The van der Waals surface area contributed by atoms with Crippen LogP contribution in [-0.4, -0.2) is 36.7 Å². The molecule has 1 N–H and O–H groups in total. The molecule has 7 rings (SSSR count). The number of Topliss-reactive ketones (excluding diaryl/α,β-unsaturated/α-hetero) is 2. The van der Waals surface area contributed by atoms with Crippen molar-refractivity contribution in [2.75, 3.05) is 17.3 Å². The number of carbonyl (C=O) groups excluding carboxylic acids is 3. The molecule has 4 atom stereocenters. The number of rotatable bonds is 7. The van der Waals surface area contributed by atoms with Crippen LogP contribution < -0.4 is 15.0 Å². The number of hydrogen-bond donors (Lipinski definition) is 1. The third kappa shape index (κ3) is 3.97. The van der Waals surface area contributed by atoms with Crippen molar-refractivity contribution in [3.63, 3.8) is 0 Å². The van der Waals surface area contributed by atoms with Crippen molar-refractivity contribution >= 4 is 34.4 Å². The summed E-state index contributed by atoms with van der Waals surface area (Å²) in [6.07, 6.45) is 3.99. The van der Waals surface area contributed by atoms with E-state index < -0.39 is 23.4 Å². The average molecular weight is 583 g/mol. The monoisotopic (exact) mass is 582 g/mol. The number of ketones is 2. The lowest BCUT2D eigenvalue weighted by Gasteiger charge is -2.39. The maximum Gasteiger partial charge on any atom is 0.238 e. The van der Waals surface area contributed by atoms with Gasteiger partial charge >= 0.3 is 0 Å². The van der Waals surface area contributed by atoms with E-state index in [9.17, 15) is 9.59 Å². The van der Waals surface area contributed by atoms with Gasteiger partial charge in [0.05, 0.1) is 19.1 Å². The minimum atomic E-state index is -1.34. The van der Waals surface area contributed by atoms with Crippen LogP contribution in [0.4, 0.5) is 11.4 Å². The Bertz CT molecular complexity index is 1820. The Balaban J connectivity index is 1.50. The predicted octanol–water partition coefficient (Wildman–Crippen LogP) is 6.89. The first kappa shape index (κ1) is 27.8. The number of benzene rings is 4. The first-order valence-corrected chi connectivity index (χ1v) is 15.2. The van der Waals surface area contributed by atoms with Crippen molar-refractivity contribution in [2.45, 2.75) is 44.2 Å². The molecular formula is C38H34N2O4. The van der Waals surface area contributed by atoms with Crippen LogP contribution in [0.2, 0.25) is 0 Å². The van der Waals surface area contributed by atoms with Crippen LogP contribution in [-0.2, 0) is 16.6 Å². The van der Waals surface area contributed by atoms with Gasteiger partial charge in [0, 0.05) is 28.1 Å². The number of para-hydroxylation sites is 2. The number of hydrogen-bond acceptors (Lipinski definition) is 5. The van der Waals surface area contributed by atoms with Gasteiger partial charge in [-0.2, -0.15) is 0 Å². The molecule has 0 aromatic heterocycles. The van der Waals surface area contributed by atoms with Gasteiger partial charge in [0.2, 0.25) is 5.91 Å². The molecule has 3 aliphatic heterocycles. The summed E-state index contributed by atoms with van der Waals surface area (Å²) in [5.41, 5.74) is 5.01. The Labute approximate surface area is 257 Å². The van der Waals surface area contributed by atoms with Crippen LogP contribution in [0.1, 0.15) is 57.7 Å². The number of methoxy groups -OCH3 is 1. The number of carbonyl (C=O) groups is 3. The van der Waals surface area contributed by atoms with Crippen LogP contribution in [0, 0.1) is 5.92 Å². The minimum absolute atomic E-state index is 0.213. The first-order valence-electron chi connectivity index (χ1n) is 15.2. The molecule has 4 aromatic rings. The molecule has 1 fully saturated rings. The van der Waals surface area contributed by atoms with Gasteiger partial charge in [-0.3, -0.25) is 14.4 Å². The van der Waals surface area contributed by atoms with Crippen LogP contribution in [0.5, 0.6) is 5.75 Å². The molecule has 1 amide bonds. The van der Waals surface area contributed by atoms with E-state index in [1.165, 1.54) is 0 Å². The lowest BCUT2D eigenvalue weighted by atomic mass is 9.64. The number of fused-ring (bicyclic) bond motifs is 6. The fraction of sp³-hybridized carbons (Fsp3) is 0.237. The molecule has 0 saturated carbocycles. The first-order chi connectivity index (χ1) is 21.4. The predicted molar refractivity (Wildman–Crippen MR) is 172 cm³/mol. The molecule has 0 radical (unpaired) electrons. The zero-order valence-corrected chi connectivity index (χ0v) is 25.0. The van der Waals surface area contributed by atoms with Gasteiger partial charge in [0.1, 0.15) is 17.2 Å². The molecule has 220 valence electrons. The summed E-state index contributed by atoms with van der Waals surface area (Å²) < 4.78 is 5.36. The molecule has 0 bridgehead atoms. The standard InChI is InChI=1S/C38H34N2O4/c1-4-9-24-14-16-25(17-15-24)35(41)33-34(36(42)26-18-20-27(44-3)21-19-26)40-31-13-8-5-10-28(31)23(2)22-32(40)38(33)29-11-6-7-12-30(29)39-37(38)43/h5-8,10-22,32-34H,4,9H2,1-3H3,(H,39,43)/t32-,33-,34+,38-/m0/s1. The minimum Gasteiger partial charge on any atom is -0.497 e. The molecule has 0 unspecified atom stereocenters. The van der Waals surface area contributed by atoms with Crippen LogP contribution in [0.15, 0.2) is 103 Å². The second-order valence-corrected chi connectivity index (χ2v) is 11.9. The van der Waals surface area contributed by atoms with E-state index in [1.54, 1.807) is 31.4 Å². The van der Waals surface area contributed by atoms with Gasteiger partial charge in [0.25, 0.3) is 0 Å². The SMILES string of the molecule is CCCc1ccc(C(=O)[C@@H]2[C@H](C(=O)c3ccc(OC)cc3)N3c4ccccc4C(C)=C[C@H]3[C@]23C(=O)Nc2ccccc23)cc1. The van der Waals surface area contributed by atoms with Crippen molar-refractivity contribution in [3.8, 4) is 5.75 Å². The normalized spacial score (nSPS) is 23.0. The molecule has 6 heteroatoms. The Hall–Kier alpha value is -4.97. The van der Waals surface area contributed by atoms with E-state index in [0.717, 1.165) is 40.8 Å². The zero-order chi connectivity index (χ0) is 30.6. The lowest BCUT2D eigenvalue weighted by molar-refractivity contribution is -0.121. The largest absolute Gasteiger partial charge is 0.497 e. The van der Waals surface area contributed by atoms with E-state index >= 15 is 4.79 Å². The second-order valence-electron chi connectivity index (χ2n) is 11.9. The maximum absolute atomic E-state index is 15.0. The van der Waals surface area contributed by atoms with Crippen molar-refractivity contribution in [1.82, 2.24) is 0 Å². The highest BCUT2D eigenvalue weighted by atomic mass is 16.5. The number of nitrogens with zero attached hydrogens (tertiary/aromatic N) is 1. The summed E-state index contributed by atoms with van der Waals surface area (Å²) in [7, 11) is 1.58. The number of amides is 1. The Kier molecular flexibility index (Phi) is 6.73. The highest BCUT2D eigenvalue weighted by molar-refractivity contribution is 6.18. The smallest absolute Gasteiger partial charge is 0.238 e. The quantitative estimate of drug-likeness (QED) is 0.240. The van der Waals surface area contributed by atoms with E-state index in [1.807, 2.05) is 84.6 Å². The van der Waals surface area contributed by atoms with Crippen LogP contribution in [0.3, 0.4) is 0 Å². The Morgan fingerprint density at radius 1 is 0.864 bits per heavy atom. The number of allylic oxidation sites excluding steroid dienone is 1. The third-order valence-corrected chi connectivity index (χ3v) is 9.59. The number of ether oxygens (including phenoxy) is 1. The number of anilines is 2. The fourth-order valence-corrected chi connectivity index (χ4v) is 7.62. The average Bonchev–Trinajstić information content (AvgIpc) is 3.53. The van der Waals surface area contributed by atoms with Crippen molar-refractivity contribution in [3.05, 3.63) is 131 Å². The molecule has 3 heterocycles. The Morgan fingerprint density at radius 2 is 1.52 bits per heavy atom. The van der Waals surface area contributed by atoms with E-state index in [0.29, 0.717) is 22.6 Å². The molecule has 0 aliphatic carbocycles. The molecular weight excluding hydrogens is 548 g/mol. The highest BCUT2D eigenvalue weighted by Gasteiger charge is 2.70. The second kappa shape index (κ2) is 10.6. The Morgan fingerprint density at radius 3 is 2.25 bits per heavy atom. The van der Waals surface area contributed by atoms with Gasteiger partial charge in [-0.25, -0.2) is 0 Å². The van der Waals surface area contributed by atoms with Crippen LogP contribution >= 0.6 is 0 Å². The zero-order valence-electron chi connectivity index (χ0n) is 25.0. The van der Waals surface area contributed by atoms with E-state index in [4.69, 9.17) is 4.74 Å². The maximum atomic E-state index is 15.0. The van der Waals surface area contributed by atoms with Gasteiger partial charge in [-0.05, 0) is 66.4 Å². The van der Waals surface area contributed by atoms with Gasteiger partial charge in [-0.1, -0.05) is 80.1 Å². The van der Waals surface area contributed by atoms with E-state index in [-0.39, 0.29) is 17.5 Å². The summed E-state index contributed by atoms with van der Waals surface area (Å²) in [4.78, 5) is 46.5. The summed E-state index contributed by atoms with van der Waals surface area (Å²) in [5.74, 6) is -1.06. The molecule has 4 aromatic carbocycles. The molecule has 1 spiro atoms. The molecule has 3 aliphatic rings. The number of aryl methyl sites for hydroxylation is 1. The van der Waals surface area contributed by atoms with E-state index in [2.05, 4.69) is 18.3 Å². The molecule has 6 nitrogen and oxygen atoms in total. The highest BCUT2D eigenvalue weighted by Crippen LogP contribution is 2.58. The summed E-state index contributed by atoms with van der Waals surface area (Å²) in [6.45, 7) is 4.15. The van der Waals surface area contributed by atoms with Gasteiger partial charge < -0.3 is 15.0 Å². The third-order valence-electron chi connectivity index (χ3n) is 9.59. The fourth-order valence-electron chi connectivity index (χ4n) is 7.62.